The maximum Gasteiger partial charge on any atom is 0.238 e. The van der Waals surface area contributed by atoms with E-state index in [1.165, 1.54) is 0 Å². The molecule has 7 heteroatoms. The number of anilines is 2. The van der Waals surface area contributed by atoms with Crippen molar-refractivity contribution in [2.75, 3.05) is 49.5 Å². The van der Waals surface area contributed by atoms with E-state index in [0.29, 0.717) is 18.9 Å². The van der Waals surface area contributed by atoms with E-state index in [0.717, 1.165) is 37.0 Å². The topological polar surface area (TPSA) is 57.7 Å². The van der Waals surface area contributed by atoms with Crippen LogP contribution in [-0.4, -0.2) is 55.1 Å². The average Bonchev–Trinajstić information content (AvgIpc) is 3.12. The molecule has 0 unspecified atom stereocenters. The van der Waals surface area contributed by atoms with Crippen molar-refractivity contribution in [2.24, 2.45) is 0 Å². The van der Waals surface area contributed by atoms with Gasteiger partial charge in [-0.1, -0.05) is 12.1 Å². The number of piperazine rings is 1. The fraction of sp³-hybridized carbons (Fsp3) is 0.412. The number of para-hydroxylation sites is 2. The number of thiazole rings is 1. The van der Waals surface area contributed by atoms with E-state index in [-0.39, 0.29) is 5.91 Å². The van der Waals surface area contributed by atoms with E-state index < -0.39 is 0 Å². The molecule has 1 aliphatic heterocycles. The average molecular weight is 346 g/mol. The maximum atomic E-state index is 12.3. The molecule has 128 valence electrons. The number of aromatic nitrogens is 1. The van der Waals surface area contributed by atoms with Gasteiger partial charge in [0.2, 0.25) is 5.91 Å². The highest BCUT2D eigenvalue weighted by Gasteiger charge is 2.20. The zero-order chi connectivity index (χ0) is 16.8. The maximum absolute atomic E-state index is 12.3. The van der Waals surface area contributed by atoms with Gasteiger partial charge in [0.1, 0.15) is 5.75 Å². The first-order valence-electron chi connectivity index (χ1n) is 8.14. The summed E-state index contributed by atoms with van der Waals surface area (Å²) < 4.78 is 5.54. The molecule has 2 aromatic rings. The second kappa shape index (κ2) is 8.12. The van der Waals surface area contributed by atoms with E-state index in [4.69, 9.17) is 4.74 Å². The van der Waals surface area contributed by atoms with Gasteiger partial charge >= 0.3 is 0 Å². The minimum absolute atomic E-state index is 0.00940. The van der Waals surface area contributed by atoms with Gasteiger partial charge in [-0.3, -0.25) is 9.69 Å². The van der Waals surface area contributed by atoms with Crippen molar-refractivity contribution in [1.82, 2.24) is 9.88 Å². The molecule has 1 aliphatic rings. The minimum atomic E-state index is -0.00940. The number of hydrogen-bond donors (Lipinski definition) is 1. The lowest BCUT2D eigenvalue weighted by atomic mass is 10.3. The highest BCUT2D eigenvalue weighted by Crippen LogP contribution is 2.23. The molecule has 0 bridgehead atoms. The van der Waals surface area contributed by atoms with Crippen molar-refractivity contribution < 1.29 is 9.53 Å². The summed E-state index contributed by atoms with van der Waals surface area (Å²) in [6, 6.07) is 7.53. The van der Waals surface area contributed by atoms with Crippen LogP contribution in [0.2, 0.25) is 0 Å². The van der Waals surface area contributed by atoms with Crippen molar-refractivity contribution in [3.05, 3.63) is 35.8 Å². The summed E-state index contributed by atoms with van der Waals surface area (Å²) in [7, 11) is 0. The number of carbonyl (C=O) groups excluding carboxylic acids is 1. The van der Waals surface area contributed by atoms with Crippen molar-refractivity contribution >= 4 is 28.1 Å². The largest absolute Gasteiger partial charge is 0.492 e. The zero-order valence-corrected chi connectivity index (χ0v) is 14.6. The van der Waals surface area contributed by atoms with Crippen LogP contribution in [0.3, 0.4) is 0 Å². The first-order valence-corrected chi connectivity index (χ1v) is 9.02. The fourth-order valence-corrected chi connectivity index (χ4v) is 3.41. The Balaban J connectivity index is 1.49. The minimum Gasteiger partial charge on any atom is -0.492 e. The first-order chi connectivity index (χ1) is 11.8. The smallest absolute Gasteiger partial charge is 0.238 e. The van der Waals surface area contributed by atoms with Crippen LogP contribution in [-0.2, 0) is 4.79 Å². The van der Waals surface area contributed by atoms with Gasteiger partial charge in [0.05, 0.1) is 18.8 Å². The number of nitrogens with one attached hydrogen (secondary N) is 1. The Labute approximate surface area is 146 Å². The third-order valence-corrected chi connectivity index (χ3v) is 4.72. The summed E-state index contributed by atoms with van der Waals surface area (Å²) in [4.78, 5) is 21.1. The van der Waals surface area contributed by atoms with Gasteiger partial charge in [-0.2, -0.15) is 0 Å². The van der Waals surface area contributed by atoms with Gasteiger partial charge in [-0.15, -0.1) is 11.3 Å². The molecule has 24 heavy (non-hydrogen) atoms. The standard InChI is InChI=1S/C17H22N4O2S/c1-2-23-15-6-4-3-5-14(15)19-16(22)13-20-8-10-21(11-9-20)17-18-7-12-24-17/h3-7,12H,2,8-11,13H2,1H3,(H,19,22). The van der Waals surface area contributed by atoms with Gasteiger partial charge in [-0.25, -0.2) is 4.98 Å². The van der Waals surface area contributed by atoms with Crippen LogP contribution in [0.5, 0.6) is 5.75 Å². The molecule has 1 saturated heterocycles. The van der Waals surface area contributed by atoms with Gasteiger partial charge in [0, 0.05) is 37.8 Å². The van der Waals surface area contributed by atoms with Crippen LogP contribution in [0.1, 0.15) is 6.92 Å². The van der Waals surface area contributed by atoms with E-state index in [2.05, 4.69) is 20.1 Å². The highest BCUT2D eigenvalue weighted by molar-refractivity contribution is 7.13. The Morgan fingerprint density at radius 2 is 2.08 bits per heavy atom. The molecular weight excluding hydrogens is 324 g/mol. The number of amides is 1. The Bertz CT molecular complexity index is 654. The number of ether oxygens (including phenoxy) is 1. The molecule has 1 fully saturated rings. The molecule has 2 heterocycles. The first kappa shape index (κ1) is 16.7. The normalized spacial score (nSPS) is 15.3. The molecule has 0 atom stereocenters. The van der Waals surface area contributed by atoms with Crippen molar-refractivity contribution in [3.63, 3.8) is 0 Å². The molecule has 1 amide bonds. The lowest BCUT2D eigenvalue weighted by Crippen LogP contribution is -2.48. The predicted molar refractivity (Wildman–Crippen MR) is 97.0 cm³/mol. The molecule has 1 aromatic heterocycles. The summed E-state index contributed by atoms with van der Waals surface area (Å²) >= 11 is 1.66. The van der Waals surface area contributed by atoms with Crippen LogP contribution in [0.25, 0.3) is 0 Å². The molecule has 1 aromatic carbocycles. The number of carbonyl (C=O) groups is 1. The van der Waals surface area contributed by atoms with Crippen LogP contribution in [0, 0.1) is 0 Å². The second-order valence-corrected chi connectivity index (χ2v) is 6.43. The van der Waals surface area contributed by atoms with Gasteiger partial charge < -0.3 is 15.0 Å². The van der Waals surface area contributed by atoms with Crippen molar-refractivity contribution in [3.8, 4) is 5.75 Å². The van der Waals surface area contributed by atoms with E-state index >= 15 is 0 Å². The summed E-state index contributed by atoms with van der Waals surface area (Å²) in [5.74, 6) is 0.701. The Morgan fingerprint density at radius 3 is 2.79 bits per heavy atom. The van der Waals surface area contributed by atoms with Crippen LogP contribution < -0.4 is 15.0 Å². The van der Waals surface area contributed by atoms with Crippen molar-refractivity contribution in [1.29, 1.82) is 0 Å². The molecule has 3 rings (SSSR count). The zero-order valence-electron chi connectivity index (χ0n) is 13.8. The fourth-order valence-electron chi connectivity index (χ4n) is 2.71. The second-order valence-electron chi connectivity index (χ2n) is 5.56. The summed E-state index contributed by atoms with van der Waals surface area (Å²) in [5, 5.41) is 6.00. The summed E-state index contributed by atoms with van der Waals surface area (Å²) in [6.45, 7) is 6.42. The predicted octanol–water partition coefficient (Wildman–Crippen LogP) is 2.30. The monoisotopic (exact) mass is 346 g/mol. The lowest BCUT2D eigenvalue weighted by Gasteiger charge is -2.34. The molecule has 6 nitrogen and oxygen atoms in total. The number of benzene rings is 1. The summed E-state index contributed by atoms with van der Waals surface area (Å²) in [6.07, 6.45) is 1.83. The Kier molecular flexibility index (Phi) is 5.66. The van der Waals surface area contributed by atoms with Gasteiger partial charge in [-0.05, 0) is 19.1 Å². The van der Waals surface area contributed by atoms with Crippen LogP contribution in [0.4, 0.5) is 10.8 Å². The molecule has 0 aliphatic carbocycles. The molecule has 0 radical (unpaired) electrons. The summed E-state index contributed by atoms with van der Waals surface area (Å²) in [5.41, 5.74) is 0.728. The van der Waals surface area contributed by atoms with E-state index in [1.54, 1.807) is 11.3 Å². The lowest BCUT2D eigenvalue weighted by molar-refractivity contribution is -0.117. The van der Waals surface area contributed by atoms with Crippen LogP contribution in [0.15, 0.2) is 35.8 Å². The third-order valence-electron chi connectivity index (χ3n) is 3.89. The SMILES string of the molecule is CCOc1ccccc1NC(=O)CN1CCN(c2nccs2)CC1. The molecular formula is C17H22N4O2S. The third kappa shape index (κ3) is 4.24. The van der Waals surface area contributed by atoms with E-state index in [1.807, 2.05) is 42.8 Å². The van der Waals surface area contributed by atoms with Crippen molar-refractivity contribution in [2.45, 2.75) is 6.92 Å². The molecule has 1 N–H and O–H groups in total. The number of hydrogen-bond acceptors (Lipinski definition) is 6. The quantitative estimate of drug-likeness (QED) is 0.870. The number of nitrogens with zero attached hydrogens (tertiary/aromatic N) is 3. The van der Waals surface area contributed by atoms with Gasteiger partial charge in [0.15, 0.2) is 5.13 Å². The number of rotatable bonds is 6. The highest BCUT2D eigenvalue weighted by atomic mass is 32.1. The van der Waals surface area contributed by atoms with Crippen LogP contribution >= 0.6 is 11.3 Å². The molecule has 0 spiro atoms. The van der Waals surface area contributed by atoms with Gasteiger partial charge in [0.25, 0.3) is 0 Å². The van der Waals surface area contributed by atoms with E-state index in [9.17, 15) is 4.79 Å². The Hall–Kier alpha value is -2.12. The molecule has 0 saturated carbocycles. The Morgan fingerprint density at radius 1 is 1.29 bits per heavy atom.